The van der Waals surface area contributed by atoms with Gasteiger partial charge in [-0.05, 0) is 74.6 Å². The second-order valence-corrected chi connectivity index (χ2v) is 9.29. The van der Waals surface area contributed by atoms with E-state index < -0.39 is 12.1 Å². The van der Waals surface area contributed by atoms with Crippen LogP contribution in [0.2, 0.25) is 0 Å². The van der Waals surface area contributed by atoms with E-state index in [1.165, 1.54) is 25.3 Å². The number of anilines is 1. The standard InChI is InChI=1S/C23H29F2N5O2/c24-23(25)30-6-3-15(11-22(30)31)19-1-2-21(29-28-19)27-17-10-16-13-26-20(18(16)12-17)9-14-4-7-32-8-5-14/h1-3,6,11,14,16-18,20,23,26H,4-5,7-10,12-13H2,(H,27,29)/t16-,17+,18+,20+/m1/s1. The summed E-state index contributed by atoms with van der Waals surface area (Å²) in [6.07, 6.45) is 6.93. The van der Waals surface area contributed by atoms with Gasteiger partial charge in [0.2, 0.25) is 0 Å². The molecule has 2 aromatic heterocycles. The van der Waals surface area contributed by atoms with Crippen LogP contribution >= 0.6 is 0 Å². The van der Waals surface area contributed by atoms with Gasteiger partial charge in [-0.3, -0.25) is 9.36 Å². The molecule has 0 spiro atoms. The Morgan fingerprint density at radius 2 is 2.03 bits per heavy atom. The van der Waals surface area contributed by atoms with Gasteiger partial charge in [0.15, 0.2) is 0 Å². The molecule has 0 bridgehead atoms. The first-order valence-electron chi connectivity index (χ1n) is 11.5. The summed E-state index contributed by atoms with van der Waals surface area (Å²) < 4.78 is 31.4. The third-order valence-electron chi connectivity index (χ3n) is 7.31. The van der Waals surface area contributed by atoms with E-state index in [1.807, 2.05) is 6.07 Å². The second kappa shape index (κ2) is 9.23. The fourth-order valence-electron chi connectivity index (χ4n) is 5.64. The summed E-state index contributed by atoms with van der Waals surface area (Å²) in [6, 6.07) is 7.19. The zero-order chi connectivity index (χ0) is 22.1. The van der Waals surface area contributed by atoms with Gasteiger partial charge in [-0.2, -0.15) is 8.78 Å². The van der Waals surface area contributed by atoms with E-state index in [0.717, 1.165) is 50.8 Å². The number of pyridine rings is 1. The van der Waals surface area contributed by atoms with Crippen LogP contribution in [0, 0.1) is 17.8 Å². The lowest BCUT2D eigenvalue weighted by Crippen LogP contribution is -2.33. The Labute approximate surface area is 185 Å². The van der Waals surface area contributed by atoms with Gasteiger partial charge in [0, 0.05) is 43.1 Å². The maximum atomic E-state index is 12.8. The number of nitrogens with zero attached hydrogens (tertiary/aromatic N) is 3. The van der Waals surface area contributed by atoms with Crippen molar-refractivity contribution in [3.8, 4) is 11.3 Å². The van der Waals surface area contributed by atoms with Crippen LogP contribution in [0.1, 0.15) is 38.7 Å². The molecule has 9 heteroatoms. The fraction of sp³-hybridized carbons (Fsp3) is 0.609. The quantitative estimate of drug-likeness (QED) is 0.710. The lowest BCUT2D eigenvalue weighted by molar-refractivity contribution is 0.0593. The third-order valence-corrected chi connectivity index (χ3v) is 7.31. The van der Waals surface area contributed by atoms with E-state index in [0.29, 0.717) is 45.6 Å². The van der Waals surface area contributed by atoms with Crippen molar-refractivity contribution < 1.29 is 13.5 Å². The molecular weight excluding hydrogens is 416 g/mol. The highest BCUT2D eigenvalue weighted by molar-refractivity contribution is 5.58. The molecule has 1 aliphatic carbocycles. The van der Waals surface area contributed by atoms with Crippen molar-refractivity contribution in [1.82, 2.24) is 20.1 Å². The van der Waals surface area contributed by atoms with Crippen molar-refractivity contribution in [2.75, 3.05) is 25.1 Å². The maximum Gasteiger partial charge on any atom is 0.321 e. The summed E-state index contributed by atoms with van der Waals surface area (Å²) >= 11 is 0. The summed E-state index contributed by atoms with van der Waals surface area (Å²) in [5, 5.41) is 15.7. The van der Waals surface area contributed by atoms with Crippen LogP contribution in [-0.4, -0.2) is 46.6 Å². The summed E-state index contributed by atoms with van der Waals surface area (Å²) in [7, 11) is 0. The van der Waals surface area contributed by atoms with Gasteiger partial charge < -0.3 is 15.4 Å². The highest BCUT2D eigenvalue weighted by atomic mass is 19.3. The fourth-order valence-corrected chi connectivity index (χ4v) is 5.64. The minimum absolute atomic E-state index is 0.374. The molecule has 4 atom stereocenters. The molecule has 2 aromatic rings. The van der Waals surface area contributed by atoms with Crippen LogP contribution < -0.4 is 16.2 Å². The average Bonchev–Trinajstić information content (AvgIpc) is 3.36. The Morgan fingerprint density at radius 3 is 2.75 bits per heavy atom. The van der Waals surface area contributed by atoms with E-state index in [-0.39, 0.29) is 0 Å². The van der Waals surface area contributed by atoms with Crippen LogP contribution in [0.15, 0.2) is 35.3 Å². The topological polar surface area (TPSA) is 81.1 Å². The minimum Gasteiger partial charge on any atom is -0.381 e. The van der Waals surface area contributed by atoms with Crippen LogP contribution in [0.5, 0.6) is 0 Å². The zero-order valence-corrected chi connectivity index (χ0v) is 17.9. The molecule has 0 unspecified atom stereocenters. The Hall–Kier alpha value is -2.39. The Bertz CT molecular complexity index is 977. The average molecular weight is 446 g/mol. The van der Waals surface area contributed by atoms with Crippen LogP contribution in [-0.2, 0) is 4.74 Å². The molecule has 1 saturated carbocycles. The molecule has 4 heterocycles. The molecule has 0 amide bonds. The number of hydrogen-bond acceptors (Lipinski definition) is 6. The van der Waals surface area contributed by atoms with E-state index in [2.05, 4.69) is 20.8 Å². The molecule has 0 radical (unpaired) electrons. The smallest absolute Gasteiger partial charge is 0.321 e. The number of alkyl halides is 2. The molecule has 2 N–H and O–H groups in total. The lowest BCUT2D eigenvalue weighted by atomic mass is 9.85. The van der Waals surface area contributed by atoms with Crippen molar-refractivity contribution in [1.29, 1.82) is 0 Å². The summed E-state index contributed by atoms with van der Waals surface area (Å²) in [5.41, 5.74) is 0.198. The molecule has 2 aliphatic heterocycles. The molecule has 3 fully saturated rings. The molecule has 5 rings (SSSR count). The second-order valence-electron chi connectivity index (χ2n) is 9.29. The van der Waals surface area contributed by atoms with Crippen LogP contribution in [0.3, 0.4) is 0 Å². The zero-order valence-electron chi connectivity index (χ0n) is 17.9. The summed E-state index contributed by atoms with van der Waals surface area (Å²) in [6.45, 7) is 0.0307. The minimum atomic E-state index is -2.86. The Kier molecular flexibility index (Phi) is 6.19. The number of nitrogens with one attached hydrogen (secondary N) is 2. The monoisotopic (exact) mass is 445 g/mol. The van der Waals surface area contributed by atoms with Crippen LogP contribution in [0.4, 0.5) is 14.6 Å². The lowest BCUT2D eigenvalue weighted by Gasteiger charge is -2.27. The van der Waals surface area contributed by atoms with Crippen molar-refractivity contribution in [2.24, 2.45) is 17.8 Å². The van der Waals surface area contributed by atoms with E-state index in [9.17, 15) is 13.6 Å². The molecule has 172 valence electrons. The highest BCUT2D eigenvalue weighted by Crippen LogP contribution is 2.41. The molecular formula is C23H29F2N5O2. The maximum absolute atomic E-state index is 12.8. The predicted octanol–water partition coefficient (Wildman–Crippen LogP) is 3.30. The van der Waals surface area contributed by atoms with Crippen molar-refractivity contribution in [3.05, 3.63) is 40.8 Å². The van der Waals surface area contributed by atoms with E-state index >= 15 is 0 Å². The van der Waals surface area contributed by atoms with E-state index in [4.69, 9.17) is 4.74 Å². The van der Waals surface area contributed by atoms with E-state index in [1.54, 1.807) is 6.07 Å². The Balaban J connectivity index is 1.18. The van der Waals surface area contributed by atoms with Gasteiger partial charge in [0.25, 0.3) is 5.56 Å². The number of ether oxygens (including phenoxy) is 1. The normalized spacial score (nSPS) is 28.2. The van der Waals surface area contributed by atoms with Crippen LogP contribution in [0.25, 0.3) is 11.3 Å². The van der Waals surface area contributed by atoms with Crippen molar-refractivity contribution >= 4 is 5.82 Å². The van der Waals surface area contributed by atoms with Gasteiger partial charge in [-0.15, -0.1) is 10.2 Å². The van der Waals surface area contributed by atoms with Gasteiger partial charge in [-0.1, -0.05) is 0 Å². The predicted molar refractivity (Wildman–Crippen MR) is 117 cm³/mol. The highest BCUT2D eigenvalue weighted by Gasteiger charge is 2.43. The van der Waals surface area contributed by atoms with Gasteiger partial charge in [0.1, 0.15) is 5.82 Å². The largest absolute Gasteiger partial charge is 0.381 e. The summed E-state index contributed by atoms with van der Waals surface area (Å²) in [5.74, 6) is 2.87. The number of halogens is 2. The SMILES string of the molecule is O=c1cc(-c2ccc(N[C@H]3C[C@@H]4CN[C@@H](CC5CCOCC5)[C@H]4C3)nn2)ccn1C(F)F. The van der Waals surface area contributed by atoms with Gasteiger partial charge in [0.05, 0.1) is 5.69 Å². The number of fused-ring (bicyclic) bond motifs is 1. The molecule has 32 heavy (non-hydrogen) atoms. The molecule has 2 saturated heterocycles. The third kappa shape index (κ3) is 4.54. The number of aromatic nitrogens is 3. The first-order chi connectivity index (χ1) is 15.6. The van der Waals surface area contributed by atoms with Gasteiger partial charge in [-0.25, -0.2) is 0 Å². The molecule has 3 aliphatic rings. The first kappa shape index (κ1) is 21.5. The number of rotatable bonds is 6. The summed E-state index contributed by atoms with van der Waals surface area (Å²) in [4.78, 5) is 11.8. The first-order valence-corrected chi connectivity index (χ1v) is 11.5. The number of hydrogen-bond donors (Lipinski definition) is 2. The molecule has 0 aromatic carbocycles. The van der Waals surface area contributed by atoms with Gasteiger partial charge >= 0.3 is 6.55 Å². The molecule has 7 nitrogen and oxygen atoms in total. The van der Waals surface area contributed by atoms with Crippen molar-refractivity contribution in [2.45, 2.75) is 50.7 Å². The Morgan fingerprint density at radius 1 is 1.19 bits per heavy atom. The van der Waals surface area contributed by atoms with Crippen molar-refractivity contribution in [3.63, 3.8) is 0 Å².